The molecule has 2 aliphatic rings. The normalized spacial score (nSPS) is 20.3. The zero-order valence-electron chi connectivity index (χ0n) is 18.0. The molecule has 0 heterocycles. The third-order valence-corrected chi connectivity index (χ3v) is 6.02. The molecule has 0 saturated heterocycles. The molecule has 0 aromatic heterocycles. The molecule has 25 heavy (non-hydrogen) atoms. The fourth-order valence-electron chi connectivity index (χ4n) is 4.72. The topological polar surface area (TPSA) is 0 Å². The molecule has 2 unspecified atom stereocenters. The third kappa shape index (κ3) is 4.57. The van der Waals surface area contributed by atoms with Crippen LogP contribution in [0, 0.1) is 22.7 Å². The number of hydrogen-bond acceptors (Lipinski definition) is 0. The summed E-state index contributed by atoms with van der Waals surface area (Å²) in [5.74, 6) is 1.34. The molecule has 2 rings (SSSR count). The van der Waals surface area contributed by atoms with E-state index in [0.29, 0.717) is 22.7 Å². The number of fused-ring (bicyclic) bond motifs is 1. The second-order valence-corrected chi connectivity index (χ2v) is 10.2. The van der Waals surface area contributed by atoms with Crippen molar-refractivity contribution in [3.8, 4) is 0 Å². The van der Waals surface area contributed by atoms with Crippen LogP contribution < -0.4 is 0 Å². The Balaban J connectivity index is 2.25. The maximum absolute atomic E-state index is 2.53. The zero-order chi connectivity index (χ0) is 18.8. The van der Waals surface area contributed by atoms with Crippen LogP contribution in [0.4, 0.5) is 0 Å². The highest BCUT2D eigenvalue weighted by Crippen LogP contribution is 2.47. The van der Waals surface area contributed by atoms with Gasteiger partial charge in [0, 0.05) is 0 Å². The van der Waals surface area contributed by atoms with Crippen molar-refractivity contribution < 1.29 is 0 Å². The van der Waals surface area contributed by atoms with E-state index in [2.05, 4.69) is 79.7 Å². The summed E-state index contributed by atoms with van der Waals surface area (Å²) in [4.78, 5) is 0. The highest BCUT2D eigenvalue weighted by atomic mass is 14.4. The Morgan fingerprint density at radius 3 is 1.92 bits per heavy atom. The van der Waals surface area contributed by atoms with E-state index in [0.717, 1.165) is 6.42 Å². The molecule has 0 bridgehead atoms. The first-order valence-electron chi connectivity index (χ1n) is 10.4. The fraction of sp³-hybridized carbons (Fsp3) is 0.680. The molecule has 0 heteroatoms. The number of allylic oxidation sites excluding steroid dienone is 8. The van der Waals surface area contributed by atoms with Crippen molar-refractivity contribution in [2.75, 3.05) is 0 Å². The summed E-state index contributed by atoms with van der Waals surface area (Å²) in [5.41, 5.74) is 6.89. The van der Waals surface area contributed by atoms with Gasteiger partial charge < -0.3 is 0 Å². The molecule has 0 aromatic rings. The van der Waals surface area contributed by atoms with Crippen LogP contribution in [-0.4, -0.2) is 0 Å². The van der Waals surface area contributed by atoms with E-state index in [4.69, 9.17) is 0 Å². The van der Waals surface area contributed by atoms with E-state index in [1.807, 2.05) is 0 Å². The second kappa shape index (κ2) is 7.68. The lowest BCUT2D eigenvalue weighted by atomic mass is 9.69. The van der Waals surface area contributed by atoms with Gasteiger partial charge in [0.05, 0.1) is 0 Å². The minimum atomic E-state index is 0.326. The SMILES string of the molecule is CCCC(C1=CC2=CC=C(C(CCC)C(C)(C)C)C2=CC1)C(C)(C)C. The molecule has 0 radical (unpaired) electrons. The van der Waals surface area contributed by atoms with Gasteiger partial charge in [0.2, 0.25) is 0 Å². The van der Waals surface area contributed by atoms with Crippen LogP contribution in [0.1, 0.15) is 87.5 Å². The molecule has 140 valence electrons. The Hall–Kier alpha value is -1.04. The summed E-state index contributed by atoms with van der Waals surface area (Å²) in [6.45, 7) is 19.0. The van der Waals surface area contributed by atoms with E-state index in [9.17, 15) is 0 Å². The van der Waals surface area contributed by atoms with Gasteiger partial charge in [-0.25, -0.2) is 0 Å². The van der Waals surface area contributed by atoms with Crippen LogP contribution in [0.3, 0.4) is 0 Å². The summed E-state index contributed by atoms with van der Waals surface area (Å²) < 4.78 is 0. The van der Waals surface area contributed by atoms with Crippen LogP contribution in [-0.2, 0) is 0 Å². The van der Waals surface area contributed by atoms with E-state index < -0.39 is 0 Å². The summed E-state index contributed by atoms with van der Waals surface area (Å²) >= 11 is 0. The molecular weight excluding hydrogens is 300 g/mol. The molecule has 0 aliphatic heterocycles. The van der Waals surface area contributed by atoms with Crippen molar-refractivity contribution in [2.24, 2.45) is 22.7 Å². The molecule has 2 atom stereocenters. The lowest BCUT2D eigenvalue weighted by molar-refractivity contribution is 0.259. The average molecular weight is 341 g/mol. The predicted octanol–water partition coefficient (Wildman–Crippen LogP) is 8.03. The molecule has 0 saturated carbocycles. The molecule has 0 N–H and O–H groups in total. The third-order valence-electron chi connectivity index (χ3n) is 6.02. The molecular formula is C25H40. The van der Waals surface area contributed by atoms with Gasteiger partial charge >= 0.3 is 0 Å². The standard InChI is InChI=1S/C25H40/c1-9-11-22(24(3,4)5)19-14-15-20-18(17-19)13-16-21(20)23(12-10-2)25(6,7)8/h13,15-17,22-23H,9-12,14H2,1-8H3. The van der Waals surface area contributed by atoms with Crippen molar-refractivity contribution >= 4 is 0 Å². The van der Waals surface area contributed by atoms with Gasteiger partial charge in [0.1, 0.15) is 0 Å². The van der Waals surface area contributed by atoms with Crippen molar-refractivity contribution in [3.05, 3.63) is 46.6 Å². The Morgan fingerprint density at radius 2 is 1.40 bits per heavy atom. The lowest BCUT2D eigenvalue weighted by Gasteiger charge is -2.36. The second-order valence-electron chi connectivity index (χ2n) is 10.2. The van der Waals surface area contributed by atoms with Crippen LogP contribution in [0.5, 0.6) is 0 Å². The van der Waals surface area contributed by atoms with E-state index in [1.54, 1.807) is 11.1 Å². The molecule has 0 amide bonds. The Kier molecular flexibility index (Phi) is 6.23. The van der Waals surface area contributed by atoms with Crippen molar-refractivity contribution in [3.63, 3.8) is 0 Å². The number of hydrogen-bond donors (Lipinski definition) is 0. The number of rotatable bonds is 6. The van der Waals surface area contributed by atoms with Crippen LogP contribution in [0.25, 0.3) is 0 Å². The summed E-state index contributed by atoms with van der Waals surface area (Å²) in [6.07, 6.45) is 16.1. The Bertz CT molecular complexity index is 593. The molecule has 0 fully saturated rings. The molecule has 0 aromatic carbocycles. The highest BCUT2D eigenvalue weighted by molar-refractivity contribution is 5.63. The monoisotopic (exact) mass is 340 g/mol. The fourth-order valence-corrected chi connectivity index (χ4v) is 4.72. The summed E-state index contributed by atoms with van der Waals surface area (Å²) in [5, 5.41) is 0. The lowest BCUT2D eigenvalue weighted by Crippen LogP contribution is -2.25. The quantitative estimate of drug-likeness (QED) is 0.459. The van der Waals surface area contributed by atoms with Crippen LogP contribution >= 0.6 is 0 Å². The minimum absolute atomic E-state index is 0.326. The first-order chi connectivity index (χ1) is 11.6. The Morgan fingerprint density at radius 1 is 0.840 bits per heavy atom. The van der Waals surface area contributed by atoms with E-state index in [-0.39, 0.29) is 0 Å². The Labute approximate surface area is 157 Å². The van der Waals surface area contributed by atoms with Gasteiger partial charge in [-0.2, -0.15) is 0 Å². The predicted molar refractivity (Wildman–Crippen MR) is 113 cm³/mol. The zero-order valence-corrected chi connectivity index (χ0v) is 18.0. The van der Waals surface area contributed by atoms with E-state index in [1.165, 1.54) is 36.8 Å². The smallest absolute Gasteiger partial charge is 0.0107 e. The highest BCUT2D eigenvalue weighted by Gasteiger charge is 2.34. The molecule has 0 spiro atoms. The van der Waals surface area contributed by atoms with Gasteiger partial charge in [0.25, 0.3) is 0 Å². The van der Waals surface area contributed by atoms with Crippen molar-refractivity contribution in [1.29, 1.82) is 0 Å². The van der Waals surface area contributed by atoms with Gasteiger partial charge in [-0.15, -0.1) is 0 Å². The van der Waals surface area contributed by atoms with Crippen molar-refractivity contribution in [2.45, 2.75) is 87.5 Å². The maximum Gasteiger partial charge on any atom is -0.0107 e. The molecule has 0 nitrogen and oxygen atoms in total. The van der Waals surface area contributed by atoms with Gasteiger partial charge in [-0.1, -0.05) is 98.1 Å². The van der Waals surface area contributed by atoms with Crippen LogP contribution in [0.2, 0.25) is 0 Å². The largest absolute Gasteiger partial charge is 0.0723 e. The van der Waals surface area contributed by atoms with Crippen molar-refractivity contribution in [1.82, 2.24) is 0 Å². The van der Waals surface area contributed by atoms with Gasteiger partial charge in [-0.3, -0.25) is 0 Å². The molecule has 2 aliphatic carbocycles. The summed E-state index contributed by atoms with van der Waals surface area (Å²) in [6, 6.07) is 0. The van der Waals surface area contributed by atoms with Crippen LogP contribution in [0.15, 0.2) is 46.6 Å². The maximum atomic E-state index is 2.53. The summed E-state index contributed by atoms with van der Waals surface area (Å²) in [7, 11) is 0. The first kappa shape index (κ1) is 20.3. The van der Waals surface area contributed by atoms with E-state index >= 15 is 0 Å². The van der Waals surface area contributed by atoms with Gasteiger partial charge in [0.15, 0.2) is 0 Å². The average Bonchev–Trinajstić information content (AvgIpc) is 2.90. The minimum Gasteiger partial charge on any atom is -0.0723 e. The van der Waals surface area contributed by atoms with Gasteiger partial charge in [-0.05, 0) is 58.6 Å². The first-order valence-corrected chi connectivity index (χ1v) is 10.4.